The molecule has 114 valence electrons. The van der Waals surface area contributed by atoms with E-state index in [0.717, 1.165) is 5.56 Å². The fourth-order valence-electron chi connectivity index (χ4n) is 1.59. The number of nitrogens with one attached hydrogen (secondary N) is 1. The standard InChI is InChI=1S/C14H18N2O4S/c1-4-9-16(12(3)17)10-14(18)15-21(19,20)13-7-5-11(2)6-8-13/h4-8H,1,9-10H2,2-3H3,(H,15,18). The molecule has 0 saturated carbocycles. The lowest BCUT2D eigenvalue weighted by molar-refractivity contribution is -0.133. The van der Waals surface area contributed by atoms with E-state index in [2.05, 4.69) is 6.58 Å². The molecule has 21 heavy (non-hydrogen) atoms. The molecule has 0 fully saturated rings. The third-order valence-corrected chi connectivity index (χ3v) is 4.10. The summed E-state index contributed by atoms with van der Waals surface area (Å²) in [6.07, 6.45) is 1.46. The Hall–Kier alpha value is -2.15. The highest BCUT2D eigenvalue weighted by atomic mass is 32.2. The smallest absolute Gasteiger partial charge is 0.264 e. The maximum Gasteiger partial charge on any atom is 0.264 e. The van der Waals surface area contributed by atoms with Crippen molar-refractivity contribution in [1.29, 1.82) is 0 Å². The van der Waals surface area contributed by atoms with Gasteiger partial charge in [0.1, 0.15) is 6.54 Å². The van der Waals surface area contributed by atoms with Crippen LogP contribution in [0.5, 0.6) is 0 Å². The molecule has 0 aliphatic rings. The van der Waals surface area contributed by atoms with Crippen molar-refractivity contribution in [2.75, 3.05) is 13.1 Å². The van der Waals surface area contributed by atoms with Crippen molar-refractivity contribution in [2.24, 2.45) is 0 Å². The van der Waals surface area contributed by atoms with Crippen molar-refractivity contribution in [3.63, 3.8) is 0 Å². The SMILES string of the molecule is C=CCN(CC(=O)NS(=O)(=O)c1ccc(C)cc1)C(C)=O. The van der Waals surface area contributed by atoms with E-state index in [1.165, 1.54) is 30.0 Å². The van der Waals surface area contributed by atoms with Gasteiger partial charge in [0.05, 0.1) is 4.90 Å². The van der Waals surface area contributed by atoms with E-state index in [-0.39, 0.29) is 23.9 Å². The van der Waals surface area contributed by atoms with Gasteiger partial charge in [0, 0.05) is 13.5 Å². The lowest BCUT2D eigenvalue weighted by Gasteiger charge is -2.18. The molecule has 2 amide bonds. The van der Waals surface area contributed by atoms with E-state index < -0.39 is 15.9 Å². The molecular formula is C14H18N2O4S. The molecule has 7 heteroatoms. The zero-order valence-corrected chi connectivity index (χ0v) is 12.8. The average Bonchev–Trinajstić information content (AvgIpc) is 2.37. The Bertz CT molecular complexity index is 635. The number of sulfonamides is 1. The van der Waals surface area contributed by atoms with Crippen molar-refractivity contribution >= 4 is 21.8 Å². The van der Waals surface area contributed by atoms with E-state index >= 15 is 0 Å². The fourth-order valence-corrected chi connectivity index (χ4v) is 2.57. The molecule has 1 rings (SSSR count). The number of carbonyl (C=O) groups excluding carboxylic acids is 2. The van der Waals surface area contributed by atoms with Crippen molar-refractivity contribution in [2.45, 2.75) is 18.7 Å². The summed E-state index contributed by atoms with van der Waals surface area (Å²) in [4.78, 5) is 24.2. The molecule has 0 spiro atoms. The highest BCUT2D eigenvalue weighted by molar-refractivity contribution is 7.90. The summed E-state index contributed by atoms with van der Waals surface area (Å²) in [5.74, 6) is -1.11. The normalized spacial score (nSPS) is 10.8. The molecule has 0 heterocycles. The predicted octanol–water partition coefficient (Wildman–Crippen LogP) is 0.834. The lowest BCUT2D eigenvalue weighted by atomic mass is 10.2. The third kappa shape index (κ3) is 5.03. The van der Waals surface area contributed by atoms with Gasteiger partial charge in [-0.05, 0) is 19.1 Å². The van der Waals surface area contributed by atoms with Crippen LogP contribution in [0, 0.1) is 6.92 Å². The zero-order chi connectivity index (χ0) is 16.0. The molecular weight excluding hydrogens is 292 g/mol. The van der Waals surface area contributed by atoms with Crippen molar-refractivity contribution in [1.82, 2.24) is 9.62 Å². The highest BCUT2D eigenvalue weighted by Gasteiger charge is 2.20. The molecule has 0 atom stereocenters. The molecule has 6 nitrogen and oxygen atoms in total. The second-order valence-corrected chi connectivity index (χ2v) is 6.21. The van der Waals surface area contributed by atoms with Crippen molar-refractivity contribution < 1.29 is 18.0 Å². The first-order chi connectivity index (χ1) is 9.76. The molecule has 0 aromatic heterocycles. The van der Waals surface area contributed by atoms with Crippen molar-refractivity contribution in [3.8, 4) is 0 Å². The molecule has 0 unspecified atom stereocenters. The van der Waals surface area contributed by atoms with Gasteiger partial charge in [-0.25, -0.2) is 13.1 Å². The Morgan fingerprint density at radius 3 is 2.33 bits per heavy atom. The highest BCUT2D eigenvalue weighted by Crippen LogP contribution is 2.09. The molecule has 0 aliphatic heterocycles. The summed E-state index contributed by atoms with van der Waals surface area (Å²) in [5, 5.41) is 0. The van der Waals surface area contributed by atoms with Gasteiger partial charge in [-0.15, -0.1) is 6.58 Å². The Kier molecular flexibility index (Phi) is 5.66. The first-order valence-electron chi connectivity index (χ1n) is 6.25. The van der Waals surface area contributed by atoms with Crippen LogP contribution in [-0.2, 0) is 19.6 Å². The summed E-state index contributed by atoms with van der Waals surface area (Å²) >= 11 is 0. The minimum atomic E-state index is -3.93. The topological polar surface area (TPSA) is 83.6 Å². The third-order valence-electron chi connectivity index (χ3n) is 2.71. The van der Waals surface area contributed by atoms with Gasteiger partial charge in [-0.3, -0.25) is 9.59 Å². The van der Waals surface area contributed by atoms with E-state index in [0.29, 0.717) is 0 Å². The van der Waals surface area contributed by atoms with Crippen LogP contribution >= 0.6 is 0 Å². The van der Waals surface area contributed by atoms with Gasteiger partial charge in [0.2, 0.25) is 5.91 Å². The van der Waals surface area contributed by atoms with Crippen molar-refractivity contribution in [3.05, 3.63) is 42.5 Å². The Labute approximate surface area is 124 Å². The quantitative estimate of drug-likeness (QED) is 0.789. The Morgan fingerprint density at radius 2 is 1.86 bits per heavy atom. The van der Waals surface area contributed by atoms with Gasteiger partial charge in [0.15, 0.2) is 0 Å². The maximum absolute atomic E-state index is 12.0. The summed E-state index contributed by atoms with van der Waals surface area (Å²) < 4.78 is 26.0. The molecule has 0 aliphatic carbocycles. The minimum Gasteiger partial charge on any atom is -0.330 e. The molecule has 0 radical (unpaired) electrons. The lowest BCUT2D eigenvalue weighted by Crippen LogP contribution is -2.41. The number of carbonyl (C=O) groups is 2. The van der Waals surface area contributed by atoms with Gasteiger partial charge in [-0.1, -0.05) is 23.8 Å². The van der Waals surface area contributed by atoms with Crippen LogP contribution in [0.3, 0.4) is 0 Å². The Morgan fingerprint density at radius 1 is 1.29 bits per heavy atom. The number of hydrogen-bond acceptors (Lipinski definition) is 4. The predicted molar refractivity (Wildman–Crippen MR) is 79.0 cm³/mol. The van der Waals surface area contributed by atoms with E-state index in [9.17, 15) is 18.0 Å². The minimum absolute atomic E-state index is 0.000421. The van der Waals surface area contributed by atoms with Crippen LogP contribution in [0.4, 0.5) is 0 Å². The largest absolute Gasteiger partial charge is 0.330 e. The second kappa shape index (κ2) is 7.03. The molecule has 1 aromatic rings. The zero-order valence-electron chi connectivity index (χ0n) is 12.0. The van der Waals surface area contributed by atoms with Crippen LogP contribution in [0.2, 0.25) is 0 Å². The number of nitrogens with zero attached hydrogens (tertiary/aromatic N) is 1. The van der Waals surface area contributed by atoms with Gasteiger partial charge in [0.25, 0.3) is 15.9 Å². The van der Waals surface area contributed by atoms with Crippen LogP contribution in [0.15, 0.2) is 41.8 Å². The average molecular weight is 310 g/mol. The summed E-state index contributed by atoms with van der Waals surface area (Å²) in [6, 6.07) is 6.10. The monoisotopic (exact) mass is 310 g/mol. The second-order valence-electron chi connectivity index (χ2n) is 4.53. The number of amides is 2. The van der Waals surface area contributed by atoms with Gasteiger partial charge in [-0.2, -0.15) is 0 Å². The number of aryl methyl sites for hydroxylation is 1. The number of hydrogen-bond donors (Lipinski definition) is 1. The van der Waals surface area contributed by atoms with E-state index in [1.807, 2.05) is 11.6 Å². The number of benzene rings is 1. The first-order valence-corrected chi connectivity index (χ1v) is 7.73. The Balaban J connectivity index is 2.79. The van der Waals surface area contributed by atoms with Crippen LogP contribution in [0.1, 0.15) is 12.5 Å². The molecule has 0 bridgehead atoms. The van der Waals surface area contributed by atoms with Crippen LogP contribution < -0.4 is 4.72 Å². The number of rotatable bonds is 6. The van der Waals surface area contributed by atoms with E-state index in [4.69, 9.17) is 0 Å². The van der Waals surface area contributed by atoms with E-state index in [1.54, 1.807) is 12.1 Å². The van der Waals surface area contributed by atoms with Gasteiger partial charge < -0.3 is 4.90 Å². The molecule has 0 saturated heterocycles. The fraction of sp³-hybridized carbons (Fsp3) is 0.286. The molecule has 1 N–H and O–H groups in total. The first kappa shape index (κ1) is 16.9. The van der Waals surface area contributed by atoms with Crippen LogP contribution in [0.25, 0.3) is 0 Å². The summed E-state index contributed by atoms with van der Waals surface area (Å²) in [6.45, 7) is 6.44. The van der Waals surface area contributed by atoms with Gasteiger partial charge >= 0.3 is 0 Å². The summed E-state index contributed by atoms with van der Waals surface area (Å²) in [7, 11) is -3.93. The van der Waals surface area contributed by atoms with Crippen LogP contribution in [-0.4, -0.2) is 38.2 Å². The molecule has 1 aromatic carbocycles. The summed E-state index contributed by atoms with van der Waals surface area (Å²) in [5.41, 5.74) is 0.911. The maximum atomic E-state index is 12.0.